The van der Waals surface area contributed by atoms with E-state index in [1.54, 1.807) is 19.2 Å². The van der Waals surface area contributed by atoms with Crippen molar-refractivity contribution in [2.45, 2.75) is 13.3 Å². The molecule has 0 fully saturated rings. The third-order valence-corrected chi connectivity index (χ3v) is 3.06. The molecule has 2 rings (SSSR count). The van der Waals surface area contributed by atoms with E-state index >= 15 is 0 Å². The van der Waals surface area contributed by atoms with Crippen LogP contribution in [0.1, 0.15) is 21.7 Å². The van der Waals surface area contributed by atoms with Crippen LogP contribution in [0, 0.1) is 6.92 Å². The fourth-order valence-corrected chi connectivity index (χ4v) is 2.08. The summed E-state index contributed by atoms with van der Waals surface area (Å²) in [6, 6.07) is 9.15. The zero-order chi connectivity index (χ0) is 13.1. The van der Waals surface area contributed by atoms with Crippen molar-refractivity contribution in [1.29, 1.82) is 0 Å². The average molecular weight is 309 g/mol. The van der Waals surface area contributed by atoms with Crippen molar-refractivity contribution in [3.63, 3.8) is 0 Å². The number of rotatable bonds is 4. The summed E-state index contributed by atoms with van der Waals surface area (Å²) >= 11 is 3.18. The molecule has 0 unspecified atom stereocenters. The summed E-state index contributed by atoms with van der Waals surface area (Å²) in [7, 11) is 1.60. The first kappa shape index (κ1) is 12.9. The third-order valence-electron chi connectivity index (χ3n) is 2.63. The third kappa shape index (κ3) is 2.82. The van der Waals surface area contributed by atoms with E-state index < -0.39 is 0 Å². The first-order chi connectivity index (χ1) is 8.60. The summed E-state index contributed by atoms with van der Waals surface area (Å²) in [6.45, 7) is 1.98. The predicted molar refractivity (Wildman–Crippen MR) is 72.2 cm³/mol. The highest BCUT2D eigenvalue weighted by Gasteiger charge is 2.14. The van der Waals surface area contributed by atoms with E-state index in [1.807, 2.05) is 25.1 Å². The van der Waals surface area contributed by atoms with Gasteiger partial charge < -0.3 is 9.15 Å². The minimum atomic E-state index is -0.0652. The van der Waals surface area contributed by atoms with Gasteiger partial charge in [-0.25, -0.2) is 0 Å². The smallest absolute Gasteiger partial charge is 0.202 e. The minimum Gasteiger partial charge on any atom is -0.496 e. The number of aryl methyl sites for hydroxylation is 1. The number of carbonyl (C=O) groups is 1. The monoisotopic (exact) mass is 308 g/mol. The summed E-state index contributed by atoms with van der Waals surface area (Å²) in [6.07, 6.45) is 0.269. The van der Waals surface area contributed by atoms with Gasteiger partial charge in [-0.1, -0.05) is 17.7 Å². The van der Waals surface area contributed by atoms with Crippen LogP contribution in [0.25, 0.3) is 0 Å². The minimum absolute atomic E-state index is 0.0652. The van der Waals surface area contributed by atoms with Gasteiger partial charge in [0.2, 0.25) is 5.78 Å². The number of ether oxygens (including phenoxy) is 1. The van der Waals surface area contributed by atoms with E-state index in [-0.39, 0.29) is 12.2 Å². The van der Waals surface area contributed by atoms with Gasteiger partial charge in [-0.15, -0.1) is 0 Å². The van der Waals surface area contributed by atoms with E-state index in [9.17, 15) is 4.79 Å². The lowest BCUT2D eigenvalue weighted by atomic mass is 10.0. The van der Waals surface area contributed by atoms with Crippen LogP contribution >= 0.6 is 15.9 Å². The van der Waals surface area contributed by atoms with Crippen LogP contribution in [0.15, 0.2) is 39.4 Å². The molecule has 0 aliphatic carbocycles. The summed E-state index contributed by atoms with van der Waals surface area (Å²) < 4.78 is 11.1. The highest BCUT2D eigenvalue weighted by atomic mass is 79.9. The normalized spacial score (nSPS) is 10.4. The van der Waals surface area contributed by atoms with Gasteiger partial charge in [-0.05, 0) is 41.1 Å². The molecular weight excluding hydrogens is 296 g/mol. The van der Waals surface area contributed by atoms with Crippen molar-refractivity contribution >= 4 is 21.7 Å². The quantitative estimate of drug-likeness (QED) is 0.807. The van der Waals surface area contributed by atoms with Gasteiger partial charge in [-0.3, -0.25) is 4.79 Å². The number of halogens is 1. The van der Waals surface area contributed by atoms with Crippen molar-refractivity contribution in [3.05, 3.63) is 51.9 Å². The first-order valence-corrected chi connectivity index (χ1v) is 6.31. The maximum absolute atomic E-state index is 12.0. The molecule has 4 heteroatoms. The van der Waals surface area contributed by atoms with Gasteiger partial charge in [0.15, 0.2) is 10.4 Å². The highest BCUT2D eigenvalue weighted by molar-refractivity contribution is 9.10. The molecule has 3 nitrogen and oxygen atoms in total. The number of furan rings is 1. The Balaban J connectivity index is 2.23. The highest BCUT2D eigenvalue weighted by Crippen LogP contribution is 2.22. The van der Waals surface area contributed by atoms with Crippen LogP contribution in [-0.4, -0.2) is 12.9 Å². The van der Waals surface area contributed by atoms with Crippen LogP contribution in [-0.2, 0) is 6.42 Å². The number of carbonyl (C=O) groups excluding carboxylic acids is 1. The molecule has 0 saturated carbocycles. The molecule has 0 aliphatic rings. The number of Topliss-reactive ketones (excluding diaryl/α,β-unsaturated/α-hetero) is 1. The zero-order valence-corrected chi connectivity index (χ0v) is 11.8. The lowest BCUT2D eigenvalue weighted by molar-refractivity contribution is 0.0964. The number of ketones is 1. The molecular formula is C14H13BrO3. The summed E-state index contributed by atoms with van der Waals surface area (Å²) in [5.41, 5.74) is 1.97. The van der Waals surface area contributed by atoms with Crippen LogP contribution in [0.2, 0.25) is 0 Å². The summed E-state index contributed by atoms with van der Waals surface area (Å²) in [5, 5.41) is 0. The van der Waals surface area contributed by atoms with Gasteiger partial charge in [0, 0.05) is 12.0 Å². The molecule has 0 atom stereocenters. The summed E-state index contributed by atoms with van der Waals surface area (Å²) in [4.78, 5) is 12.0. The molecule has 18 heavy (non-hydrogen) atoms. The number of hydrogen-bond donors (Lipinski definition) is 0. The number of benzene rings is 1. The Hall–Kier alpha value is -1.55. The molecule has 1 heterocycles. The topological polar surface area (TPSA) is 39.4 Å². The Morgan fingerprint density at radius 3 is 2.72 bits per heavy atom. The number of methoxy groups -OCH3 is 1. The van der Waals surface area contributed by atoms with E-state index in [4.69, 9.17) is 9.15 Å². The zero-order valence-electron chi connectivity index (χ0n) is 10.2. The van der Waals surface area contributed by atoms with Crippen molar-refractivity contribution < 1.29 is 13.9 Å². The van der Waals surface area contributed by atoms with E-state index in [2.05, 4.69) is 15.9 Å². The first-order valence-electron chi connectivity index (χ1n) is 5.52. The molecule has 0 amide bonds. The van der Waals surface area contributed by atoms with E-state index in [1.165, 1.54) is 0 Å². The SMILES string of the molecule is COc1ccc(C)cc1CC(=O)c1ccc(Br)o1. The molecule has 94 valence electrons. The standard InChI is InChI=1S/C14H13BrO3/c1-9-3-4-12(17-2)10(7-9)8-11(16)13-5-6-14(15)18-13/h3-7H,8H2,1-2H3. The molecule has 0 radical (unpaired) electrons. The van der Waals surface area contributed by atoms with Gasteiger partial charge in [0.25, 0.3) is 0 Å². The van der Waals surface area contributed by atoms with Crippen molar-refractivity contribution in [3.8, 4) is 5.75 Å². The lowest BCUT2D eigenvalue weighted by Crippen LogP contribution is -2.04. The Bertz CT molecular complexity index is 572. The predicted octanol–water partition coefficient (Wildman–Crippen LogP) is 3.78. The maximum atomic E-state index is 12.0. The molecule has 0 saturated heterocycles. The van der Waals surface area contributed by atoms with Crippen molar-refractivity contribution in [2.75, 3.05) is 7.11 Å². The molecule has 1 aromatic heterocycles. The molecule has 0 aliphatic heterocycles. The fourth-order valence-electron chi connectivity index (χ4n) is 1.77. The van der Waals surface area contributed by atoms with Crippen molar-refractivity contribution in [1.82, 2.24) is 0 Å². The Morgan fingerprint density at radius 2 is 2.11 bits per heavy atom. The maximum Gasteiger partial charge on any atom is 0.202 e. The largest absolute Gasteiger partial charge is 0.496 e. The van der Waals surface area contributed by atoms with Crippen molar-refractivity contribution in [2.24, 2.45) is 0 Å². The van der Waals surface area contributed by atoms with Gasteiger partial charge in [0.1, 0.15) is 5.75 Å². The fraction of sp³-hybridized carbons (Fsp3) is 0.214. The average Bonchev–Trinajstić information content (AvgIpc) is 2.76. The van der Waals surface area contributed by atoms with E-state index in [0.717, 1.165) is 16.9 Å². The number of hydrogen-bond acceptors (Lipinski definition) is 3. The van der Waals surface area contributed by atoms with Crippen LogP contribution < -0.4 is 4.74 Å². The van der Waals surface area contributed by atoms with Gasteiger partial charge in [0.05, 0.1) is 7.11 Å². The molecule has 0 bridgehead atoms. The molecule has 0 spiro atoms. The summed E-state index contributed by atoms with van der Waals surface area (Å²) in [5.74, 6) is 1.01. The van der Waals surface area contributed by atoms with E-state index in [0.29, 0.717) is 10.4 Å². The Kier molecular flexibility index (Phi) is 3.87. The second kappa shape index (κ2) is 5.40. The Labute approximate surface area is 114 Å². The molecule has 0 N–H and O–H groups in total. The van der Waals surface area contributed by atoms with Crippen LogP contribution in [0.3, 0.4) is 0 Å². The second-order valence-electron chi connectivity index (χ2n) is 4.02. The van der Waals surface area contributed by atoms with Gasteiger partial charge in [-0.2, -0.15) is 0 Å². The molecule has 1 aromatic carbocycles. The molecule has 2 aromatic rings. The Morgan fingerprint density at radius 1 is 1.33 bits per heavy atom. The van der Waals surface area contributed by atoms with Crippen LogP contribution in [0.5, 0.6) is 5.75 Å². The second-order valence-corrected chi connectivity index (χ2v) is 4.80. The van der Waals surface area contributed by atoms with Gasteiger partial charge >= 0.3 is 0 Å². The lowest BCUT2D eigenvalue weighted by Gasteiger charge is -2.08. The van der Waals surface area contributed by atoms with Crippen LogP contribution in [0.4, 0.5) is 0 Å².